The summed E-state index contributed by atoms with van der Waals surface area (Å²) in [5, 5.41) is 6.97. The van der Waals surface area contributed by atoms with Crippen LogP contribution in [0.1, 0.15) is 0 Å². The van der Waals surface area contributed by atoms with Crippen LogP contribution < -0.4 is 0 Å². The Labute approximate surface area is 223 Å². The zero-order chi connectivity index (χ0) is 25.5. The monoisotopic (exact) mass is 499 g/mol. The number of para-hydroxylation sites is 2. The maximum atomic E-state index is 6.57. The maximum absolute atomic E-state index is 6.57. The normalized spacial score (nSPS) is 12.1. The van der Waals surface area contributed by atoms with Crippen LogP contribution in [0.25, 0.3) is 82.5 Å². The summed E-state index contributed by atoms with van der Waals surface area (Å²) in [5.74, 6) is 0. The second-order valence-electron chi connectivity index (χ2n) is 10.2. The maximum Gasteiger partial charge on any atom is 0.161 e. The largest absolute Gasteiger partial charge is 0.456 e. The fraction of sp³-hybridized carbons (Fsp3) is 0. The van der Waals surface area contributed by atoms with Crippen molar-refractivity contribution >= 4 is 65.7 Å². The summed E-state index contributed by atoms with van der Waals surface area (Å²) in [6.45, 7) is 0. The van der Waals surface area contributed by atoms with Gasteiger partial charge >= 0.3 is 0 Å². The molecule has 0 unspecified atom stereocenters. The van der Waals surface area contributed by atoms with E-state index in [0.717, 1.165) is 66.3 Å². The van der Waals surface area contributed by atoms with Crippen LogP contribution in [-0.4, -0.2) is 4.57 Å². The minimum Gasteiger partial charge on any atom is -0.456 e. The molecular weight excluding hydrogens is 478 g/mol. The van der Waals surface area contributed by atoms with Crippen LogP contribution >= 0.6 is 0 Å². The van der Waals surface area contributed by atoms with Gasteiger partial charge in [0.15, 0.2) is 5.58 Å². The smallest absolute Gasteiger partial charge is 0.161 e. The molecule has 0 aliphatic carbocycles. The van der Waals surface area contributed by atoms with Crippen molar-refractivity contribution in [2.24, 2.45) is 0 Å². The minimum absolute atomic E-state index is 0.878. The predicted octanol–water partition coefficient (Wildman–Crippen LogP) is 10.2. The Morgan fingerprint density at radius 1 is 0.462 bits per heavy atom. The van der Waals surface area contributed by atoms with E-state index >= 15 is 0 Å². The fourth-order valence-electron chi connectivity index (χ4n) is 6.22. The van der Waals surface area contributed by atoms with Gasteiger partial charge in [0.05, 0.1) is 5.52 Å². The van der Waals surface area contributed by atoms with Gasteiger partial charge < -0.3 is 13.4 Å². The SMILES string of the molecule is c1ccc(-n2c3ccccc3c3oc4cc(-c5ccc6c(c5)oc5ccc7ccccc7c56)ccc4c32)cc1. The first-order valence-corrected chi connectivity index (χ1v) is 13.2. The molecule has 0 amide bonds. The zero-order valence-electron chi connectivity index (χ0n) is 20.9. The van der Waals surface area contributed by atoms with Gasteiger partial charge in [-0.25, -0.2) is 0 Å². The van der Waals surface area contributed by atoms with Crippen molar-refractivity contribution in [3.8, 4) is 16.8 Å². The summed E-state index contributed by atoms with van der Waals surface area (Å²) in [6, 6.07) is 44.6. The number of hydrogen-bond donors (Lipinski definition) is 0. The first-order chi connectivity index (χ1) is 19.3. The van der Waals surface area contributed by atoms with Crippen molar-refractivity contribution in [3.05, 3.63) is 127 Å². The first kappa shape index (κ1) is 20.7. The Morgan fingerprint density at radius 2 is 1.15 bits per heavy atom. The van der Waals surface area contributed by atoms with Crippen molar-refractivity contribution in [1.82, 2.24) is 4.57 Å². The molecule has 0 aliphatic rings. The Balaban J connectivity index is 1.25. The minimum atomic E-state index is 0.878. The van der Waals surface area contributed by atoms with Gasteiger partial charge in [0, 0.05) is 27.2 Å². The molecule has 3 nitrogen and oxygen atoms in total. The van der Waals surface area contributed by atoms with Crippen LogP contribution in [0.15, 0.2) is 136 Å². The van der Waals surface area contributed by atoms with Gasteiger partial charge in [0.25, 0.3) is 0 Å². The molecule has 0 fully saturated rings. The Bertz CT molecular complexity index is 2390. The van der Waals surface area contributed by atoms with Crippen LogP contribution in [0, 0.1) is 0 Å². The van der Waals surface area contributed by atoms with E-state index in [1.54, 1.807) is 0 Å². The third-order valence-electron chi connectivity index (χ3n) is 7.99. The Hall–Kier alpha value is -5.28. The number of aromatic nitrogens is 1. The van der Waals surface area contributed by atoms with Crippen molar-refractivity contribution < 1.29 is 8.83 Å². The van der Waals surface area contributed by atoms with Crippen molar-refractivity contribution in [1.29, 1.82) is 0 Å². The summed E-state index contributed by atoms with van der Waals surface area (Å²) in [5.41, 5.74) is 9.17. The number of nitrogens with zero attached hydrogens (tertiary/aromatic N) is 1. The van der Waals surface area contributed by atoms with Gasteiger partial charge in [0.2, 0.25) is 0 Å². The lowest BCUT2D eigenvalue weighted by Crippen LogP contribution is -1.92. The van der Waals surface area contributed by atoms with E-state index in [1.165, 1.54) is 16.2 Å². The highest BCUT2D eigenvalue weighted by Gasteiger charge is 2.19. The second kappa shape index (κ2) is 7.62. The van der Waals surface area contributed by atoms with Crippen LogP contribution in [0.5, 0.6) is 0 Å². The standard InChI is InChI=1S/C36H21NO2/c1-2-9-25(10-3-1)37-30-13-7-6-12-27(30)36-35(37)29-18-15-24(21-33(29)39-36)23-14-17-28-32(20-23)38-31-19-16-22-8-4-5-11-26(22)34(28)31/h1-21H. The molecule has 0 saturated carbocycles. The van der Waals surface area contributed by atoms with Gasteiger partial charge in [-0.15, -0.1) is 0 Å². The number of hydrogen-bond acceptors (Lipinski definition) is 2. The van der Waals surface area contributed by atoms with E-state index in [1.807, 2.05) is 6.07 Å². The highest BCUT2D eigenvalue weighted by atomic mass is 16.3. The number of rotatable bonds is 2. The number of fused-ring (bicyclic) bond motifs is 10. The van der Waals surface area contributed by atoms with E-state index in [0.29, 0.717) is 0 Å². The molecule has 182 valence electrons. The highest BCUT2D eigenvalue weighted by Crippen LogP contribution is 2.41. The van der Waals surface area contributed by atoms with Gasteiger partial charge in [-0.05, 0) is 76.5 Å². The molecule has 3 heterocycles. The second-order valence-corrected chi connectivity index (χ2v) is 10.2. The van der Waals surface area contributed by atoms with Crippen molar-refractivity contribution in [2.75, 3.05) is 0 Å². The van der Waals surface area contributed by atoms with E-state index in [9.17, 15) is 0 Å². The lowest BCUT2D eigenvalue weighted by atomic mass is 10.0. The molecule has 3 aromatic heterocycles. The average Bonchev–Trinajstić information content (AvgIpc) is 3.65. The van der Waals surface area contributed by atoms with Gasteiger partial charge in [-0.1, -0.05) is 72.8 Å². The summed E-state index contributed by atoms with van der Waals surface area (Å²) in [7, 11) is 0. The van der Waals surface area contributed by atoms with Gasteiger partial charge in [-0.3, -0.25) is 0 Å². The Morgan fingerprint density at radius 3 is 2.00 bits per heavy atom. The lowest BCUT2D eigenvalue weighted by molar-refractivity contribution is 0.669. The lowest BCUT2D eigenvalue weighted by Gasteiger charge is -2.07. The molecule has 0 spiro atoms. The van der Waals surface area contributed by atoms with Crippen LogP contribution in [0.4, 0.5) is 0 Å². The molecular formula is C36H21NO2. The molecule has 3 heteroatoms. The highest BCUT2D eigenvalue weighted by molar-refractivity contribution is 6.19. The van der Waals surface area contributed by atoms with E-state index in [4.69, 9.17) is 8.83 Å². The molecule has 9 aromatic rings. The average molecular weight is 500 g/mol. The van der Waals surface area contributed by atoms with Crippen LogP contribution in [0.3, 0.4) is 0 Å². The fourth-order valence-corrected chi connectivity index (χ4v) is 6.22. The molecule has 0 N–H and O–H groups in total. The molecule has 0 saturated heterocycles. The Kier molecular flexibility index (Phi) is 4.05. The van der Waals surface area contributed by atoms with E-state index in [2.05, 4.69) is 126 Å². The summed E-state index contributed by atoms with van der Waals surface area (Å²) >= 11 is 0. The zero-order valence-corrected chi connectivity index (χ0v) is 20.9. The topological polar surface area (TPSA) is 31.2 Å². The molecule has 6 aromatic carbocycles. The molecule has 39 heavy (non-hydrogen) atoms. The molecule has 0 bridgehead atoms. The molecule has 0 radical (unpaired) electrons. The number of furan rings is 2. The third kappa shape index (κ3) is 2.87. The van der Waals surface area contributed by atoms with E-state index in [-0.39, 0.29) is 0 Å². The van der Waals surface area contributed by atoms with Crippen LogP contribution in [-0.2, 0) is 0 Å². The van der Waals surface area contributed by atoms with Gasteiger partial charge in [0.1, 0.15) is 22.3 Å². The summed E-state index contributed by atoms with van der Waals surface area (Å²) < 4.78 is 15.2. The first-order valence-electron chi connectivity index (χ1n) is 13.2. The van der Waals surface area contributed by atoms with Crippen molar-refractivity contribution in [3.63, 3.8) is 0 Å². The van der Waals surface area contributed by atoms with Gasteiger partial charge in [-0.2, -0.15) is 0 Å². The summed E-state index contributed by atoms with van der Waals surface area (Å²) in [6.07, 6.45) is 0. The number of benzene rings is 6. The third-order valence-corrected chi connectivity index (χ3v) is 7.99. The molecule has 0 aliphatic heterocycles. The summed E-state index contributed by atoms with van der Waals surface area (Å²) in [4.78, 5) is 0. The molecule has 9 rings (SSSR count). The van der Waals surface area contributed by atoms with Crippen LogP contribution in [0.2, 0.25) is 0 Å². The quantitative estimate of drug-likeness (QED) is 0.237. The predicted molar refractivity (Wildman–Crippen MR) is 161 cm³/mol. The molecule has 0 atom stereocenters. The van der Waals surface area contributed by atoms with Crippen molar-refractivity contribution in [2.45, 2.75) is 0 Å². The van der Waals surface area contributed by atoms with E-state index < -0.39 is 0 Å².